The molecule has 152 valence electrons. The number of rotatable bonds is 4. The van der Waals surface area contributed by atoms with Crippen molar-refractivity contribution in [2.24, 2.45) is 0 Å². The van der Waals surface area contributed by atoms with Gasteiger partial charge in [-0.05, 0) is 36.8 Å². The van der Waals surface area contributed by atoms with Crippen molar-refractivity contribution < 1.29 is 22.7 Å². The first-order chi connectivity index (χ1) is 13.8. The number of anilines is 1. The summed E-state index contributed by atoms with van der Waals surface area (Å²) in [6, 6.07) is 9.55. The zero-order valence-corrected chi connectivity index (χ0v) is 15.6. The van der Waals surface area contributed by atoms with E-state index in [9.17, 15) is 18.0 Å². The van der Waals surface area contributed by atoms with Crippen molar-refractivity contribution in [1.82, 2.24) is 15.3 Å². The molecule has 0 saturated carbocycles. The van der Waals surface area contributed by atoms with Crippen LogP contribution in [0.3, 0.4) is 0 Å². The molecule has 1 aromatic carbocycles. The second-order valence-electron chi connectivity index (χ2n) is 6.94. The molecule has 0 radical (unpaired) electrons. The highest BCUT2D eigenvalue weighted by Crippen LogP contribution is 2.30. The Morgan fingerprint density at radius 1 is 1.28 bits per heavy atom. The van der Waals surface area contributed by atoms with Crippen molar-refractivity contribution in [1.29, 1.82) is 0 Å². The number of aromatic amines is 1. The Labute approximate surface area is 164 Å². The Balaban J connectivity index is 1.40. The summed E-state index contributed by atoms with van der Waals surface area (Å²) in [5, 5.41) is 3.87. The summed E-state index contributed by atoms with van der Waals surface area (Å²) in [5.41, 5.74) is 0.469. The Morgan fingerprint density at radius 2 is 2.10 bits per heavy atom. The SMILES string of the molecule is COc1ccc2cc(C(=O)N[C@H]3CCN(c4ccc(C(F)(F)F)cn4)C3)[nH]c2c1. The van der Waals surface area contributed by atoms with E-state index < -0.39 is 11.7 Å². The molecule has 0 aliphatic carbocycles. The molecule has 3 heterocycles. The minimum Gasteiger partial charge on any atom is -0.497 e. The third kappa shape index (κ3) is 3.98. The maximum atomic E-state index is 12.7. The van der Waals surface area contributed by atoms with Crippen molar-refractivity contribution in [3.8, 4) is 5.75 Å². The molecule has 0 unspecified atom stereocenters. The highest BCUT2D eigenvalue weighted by molar-refractivity contribution is 5.98. The number of benzene rings is 1. The highest BCUT2D eigenvalue weighted by atomic mass is 19.4. The van der Waals surface area contributed by atoms with E-state index in [-0.39, 0.29) is 11.9 Å². The second kappa shape index (κ2) is 7.31. The zero-order valence-electron chi connectivity index (χ0n) is 15.6. The van der Waals surface area contributed by atoms with Gasteiger partial charge in [-0.2, -0.15) is 13.2 Å². The number of nitrogens with one attached hydrogen (secondary N) is 2. The molecule has 9 heteroatoms. The van der Waals surface area contributed by atoms with Crippen LogP contribution in [0.5, 0.6) is 5.75 Å². The topological polar surface area (TPSA) is 70.2 Å². The lowest BCUT2D eigenvalue weighted by atomic mass is 10.2. The van der Waals surface area contributed by atoms with Crippen LogP contribution in [0.15, 0.2) is 42.6 Å². The molecule has 2 aromatic heterocycles. The number of amides is 1. The Hall–Kier alpha value is -3.23. The van der Waals surface area contributed by atoms with Crippen molar-refractivity contribution in [3.63, 3.8) is 0 Å². The number of aromatic nitrogens is 2. The van der Waals surface area contributed by atoms with Gasteiger partial charge in [0.25, 0.3) is 5.91 Å². The van der Waals surface area contributed by atoms with Gasteiger partial charge in [0.05, 0.1) is 12.7 Å². The van der Waals surface area contributed by atoms with Crippen LogP contribution in [-0.4, -0.2) is 42.1 Å². The van der Waals surface area contributed by atoms with Gasteiger partial charge in [-0.3, -0.25) is 4.79 Å². The van der Waals surface area contributed by atoms with Crippen molar-refractivity contribution in [2.75, 3.05) is 25.1 Å². The lowest BCUT2D eigenvalue weighted by Gasteiger charge is -2.18. The largest absolute Gasteiger partial charge is 0.497 e. The summed E-state index contributed by atoms with van der Waals surface area (Å²) in [4.78, 5) is 21.5. The number of hydrogen-bond acceptors (Lipinski definition) is 4. The van der Waals surface area contributed by atoms with Crippen LogP contribution < -0.4 is 15.0 Å². The average Bonchev–Trinajstić information content (AvgIpc) is 3.33. The lowest BCUT2D eigenvalue weighted by molar-refractivity contribution is -0.137. The zero-order chi connectivity index (χ0) is 20.6. The smallest absolute Gasteiger partial charge is 0.417 e. The van der Waals surface area contributed by atoms with Crippen LogP contribution in [0.4, 0.5) is 19.0 Å². The van der Waals surface area contributed by atoms with Crippen LogP contribution in [-0.2, 0) is 6.18 Å². The summed E-state index contributed by atoms with van der Waals surface area (Å²) in [7, 11) is 1.58. The number of carbonyl (C=O) groups is 1. The van der Waals surface area contributed by atoms with E-state index in [1.54, 1.807) is 13.2 Å². The van der Waals surface area contributed by atoms with E-state index in [0.717, 1.165) is 23.2 Å². The fourth-order valence-corrected chi connectivity index (χ4v) is 3.45. The number of alkyl halides is 3. The van der Waals surface area contributed by atoms with Crippen LogP contribution >= 0.6 is 0 Å². The minimum atomic E-state index is -4.41. The van der Waals surface area contributed by atoms with Crippen LogP contribution in [0.25, 0.3) is 10.9 Å². The first-order valence-corrected chi connectivity index (χ1v) is 9.09. The predicted octanol–water partition coefficient (Wildman–Crippen LogP) is 3.60. The van der Waals surface area contributed by atoms with E-state index in [1.165, 1.54) is 6.07 Å². The van der Waals surface area contributed by atoms with E-state index in [4.69, 9.17) is 4.74 Å². The number of nitrogens with zero attached hydrogens (tertiary/aromatic N) is 2. The monoisotopic (exact) mass is 404 g/mol. The standard InChI is InChI=1S/C20H19F3N4O2/c1-29-15-4-2-12-8-17(26-16(12)9-15)19(28)25-14-6-7-27(11-14)18-5-3-13(10-24-18)20(21,22)23/h2-5,8-10,14,26H,6-7,11H2,1H3,(H,25,28)/t14-/m0/s1. The van der Waals surface area contributed by atoms with Crippen LogP contribution in [0.1, 0.15) is 22.5 Å². The van der Waals surface area contributed by atoms with E-state index >= 15 is 0 Å². The Morgan fingerprint density at radius 3 is 2.79 bits per heavy atom. The number of halogens is 3. The molecule has 1 aliphatic rings. The number of carbonyl (C=O) groups excluding carboxylic acids is 1. The number of pyridine rings is 1. The van der Waals surface area contributed by atoms with Crippen LogP contribution in [0, 0.1) is 0 Å². The molecular formula is C20H19F3N4O2. The van der Waals surface area contributed by atoms with Gasteiger partial charge in [-0.1, -0.05) is 0 Å². The normalized spacial score (nSPS) is 17.0. The number of methoxy groups -OCH3 is 1. The fourth-order valence-electron chi connectivity index (χ4n) is 3.45. The lowest BCUT2D eigenvalue weighted by Crippen LogP contribution is -2.37. The first kappa shape index (κ1) is 19.1. The number of ether oxygens (including phenoxy) is 1. The molecule has 6 nitrogen and oxygen atoms in total. The molecule has 29 heavy (non-hydrogen) atoms. The van der Waals surface area contributed by atoms with E-state index in [1.807, 2.05) is 23.1 Å². The molecule has 1 saturated heterocycles. The van der Waals surface area contributed by atoms with Gasteiger partial charge in [-0.15, -0.1) is 0 Å². The highest BCUT2D eigenvalue weighted by Gasteiger charge is 2.31. The molecule has 1 amide bonds. The predicted molar refractivity (Wildman–Crippen MR) is 102 cm³/mol. The summed E-state index contributed by atoms with van der Waals surface area (Å²) < 4.78 is 43.2. The van der Waals surface area contributed by atoms with Crippen molar-refractivity contribution in [3.05, 3.63) is 53.9 Å². The van der Waals surface area contributed by atoms with Crippen molar-refractivity contribution >= 4 is 22.6 Å². The quantitative estimate of drug-likeness (QED) is 0.697. The van der Waals surface area contributed by atoms with Gasteiger partial charge in [0.15, 0.2) is 0 Å². The number of hydrogen-bond donors (Lipinski definition) is 2. The number of fused-ring (bicyclic) bond motifs is 1. The molecule has 1 aliphatic heterocycles. The van der Waals surface area contributed by atoms with E-state index in [0.29, 0.717) is 36.8 Å². The van der Waals surface area contributed by atoms with Gasteiger partial charge in [0.1, 0.15) is 17.3 Å². The second-order valence-corrected chi connectivity index (χ2v) is 6.94. The van der Waals surface area contributed by atoms with Gasteiger partial charge in [0, 0.05) is 42.3 Å². The third-order valence-corrected chi connectivity index (χ3v) is 5.00. The van der Waals surface area contributed by atoms with Gasteiger partial charge >= 0.3 is 6.18 Å². The Bertz CT molecular complexity index is 1030. The number of H-pyrrole nitrogens is 1. The molecule has 0 bridgehead atoms. The minimum absolute atomic E-state index is 0.118. The molecule has 0 spiro atoms. The molecule has 1 fully saturated rings. The van der Waals surface area contributed by atoms with E-state index in [2.05, 4.69) is 15.3 Å². The maximum Gasteiger partial charge on any atom is 0.417 e. The summed E-state index contributed by atoms with van der Waals surface area (Å²) in [5.74, 6) is 0.932. The third-order valence-electron chi connectivity index (χ3n) is 5.00. The summed E-state index contributed by atoms with van der Waals surface area (Å²) in [6.45, 7) is 1.09. The Kier molecular flexibility index (Phi) is 4.81. The first-order valence-electron chi connectivity index (χ1n) is 9.09. The summed E-state index contributed by atoms with van der Waals surface area (Å²) in [6.07, 6.45) is -2.89. The molecule has 1 atom stereocenters. The average molecular weight is 404 g/mol. The molecule has 4 rings (SSSR count). The van der Waals surface area contributed by atoms with Gasteiger partial charge < -0.3 is 19.9 Å². The fraction of sp³-hybridized carbons (Fsp3) is 0.300. The summed E-state index contributed by atoms with van der Waals surface area (Å²) >= 11 is 0. The molecule has 2 N–H and O–H groups in total. The van der Waals surface area contributed by atoms with Crippen LogP contribution in [0.2, 0.25) is 0 Å². The molecule has 3 aromatic rings. The van der Waals surface area contributed by atoms with Gasteiger partial charge in [-0.25, -0.2) is 4.98 Å². The van der Waals surface area contributed by atoms with Crippen molar-refractivity contribution in [2.45, 2.75) is 18.6 Å². The van der Waals surface area contributed by atoms with Gasteiger partial charge in [0.2, 0.25) is 0 Å². The molecular weight excluding hydrogens is 385 g/mol. The maximum absolute atomic E-state index is 12.7.